The van der Waals surface area contributed by atoms with E-state index in [0.29, 0.717) is 23.2 Å². The third-order valence-corrected chi connectivity index (χ3v) is 5.17. The van der Waals surface area contributed by atoms with E-state index in [0.717, 1.165) is 0 Å². The molecule has 6 heteroatoms. The molecule has 0 amide bonds. The minimum atomic E-state index is -1.28. The van der Waals surface area contributed by atoms with Gasteiger partial charge in [-0.2, -0.15) is 0 Å². The molecule has 1 heterocycles. The van der Waals surface area contributed by atoms with E-state index < -0.39 is 21.6 Å². The highest BCUT2D eigenvalue weighted by Crippen LogP contribution is 2.34. The Morgan fingerprint density at radius 1 is 1.42 bits per heavy atom. The Balaban J connectivity index is 2.28. The monoisotopic (exact) mass is 349 g/mol. The van der Waals surface area contributed by atoms with E-state index in [1.165, 1.54) is 6.07 Å². The molecule has 1 unspecified atom stereocenters. The molecular weight excluding hydrogens is 333 g/mol. The molecular formula is C13H17BrFNO2S. The molecule has 1 fully saturated rings. The van der Waals surface area contributed by atoms with Crippen LogP contribution in [-0.2, 0) is 21.6 Å². The summed E-state index contributed by atoms with van der Waals surface area (Å²) in [4.78, 5) is 0. The van der Waals surface area contributed by atoms with E-state index >= 15 is 0 Å². The molecule has 0 radical (unpaired) electrons. The molecule has 0 spiro atoms. The van der Waals surface area contributed by atoms with Crippen LogP contribution in [0.2, 0.25) is 0 Å². The van der Waals surface area contributed by atoms with Crippen LogP contribution in [0.5, 0.6) is 0 Å². The first kappa shape index (κ1) is 15.3. The predicted octanol–water partition coefficient (Wildman–Crippen LogP) is 2.87. The largest absolute Gasteiger partial charge is 0.598 e. The van der Waals surface area contributed by atoms with Crippen molar-refractivity contribution < 1.29 is 13.7 Å². The molecule has 1 aliphatic heterocycles. The van der Waals surface area contributed by atoms with E-state index in [1.807, 2.05) is 20.8 Å². The lowest BCUT2D eigenvalue weighted by Crippen LogP contribution is -2.62. The molecule has 0 aliphatic carbocycles. The third kappa shape index (κ3) is 3.13. The van der Waals surface area contributed by atoms with E-state index in [2.05, 4.69) is 20.7 Å². The molecule has 3 nitrogen and oxygen atoms in total. The first-order valence-electron chi connectivity index (χ1n) is 5.98. The van der Waals surface area contributed by atoms with Crippen molar-refractivity contribution in [1.82, 2.24) is 4.72 Å². The molecule has 2 rings (SSSR count). The maximum atomic E-state index is 14.1. The van der Waals surface area contributed by atoms with Crippen LogP contribution in [0.3, 0.4) is 0 Å². The minimum Gasteiger partial charge on any atom is -0.598 e. The normalized spacial score (nSPS) is 19.9. The molecule has 106 valence electrons. The van der Waals surface area contributed by atoms with Crippen LogP contribution in [0.25, 0.3) is 0 Å². The van der Waals surface area contributed by atoms with Gasteiger partial charge >= 0.3 is 0 Å². The van der Waals surface area contributed by atoms with Gasteiger partial charge in [0.1, 0.15) is 16.1 Å². The summed E-state index contributed by atoms with van der Waals surface area (Å²) < 4.78 is 34.9. The molecule has 19 heavy (non-hydrogen) atoms. The SMILES string of the molecule is CC(C)(C)[S+]([O-])NC1(c2ccc(Br)cc2F)COC1. The van der Waals surface area contributed by atoms with Crippen LogP contribution in [0.15, 0.2) is 22.7 Å². The fourth-order valence-electron chi connectivity index (χ4n) is 1.78. The quantitative estimate of drug-likeness (QED) is 0.853. The van der Waals surface area contributed by atoms with Crippen molar-refractivity contribution >= 4 is 27.3 Å². The topological polar surface area (TPSA) is 44.3 Å². The average Bonchev–Trinajstić information content (AvgIpc) is 2.22. The first-order valence-corrected chi connectivity index (χ1v) is 7.92. The molecule has 1 N–H and O–H groups in total. The highest BCUT2D eigenvalue weighted by atomic mass is 79.9. The zero-order valence-corrected chi connectivity index (χ0v) is 13.5. The lowest BCUT2D eigenvalue weighted by atomic mass is 9.89. The standard InChI is InChI=1S/C13H17BrFNO2S/c1-12(2,3)19(17)16-13(7-18-8-13)10-5-4-9(14)6-11(10)15/h4-6,16H,7-8H2,1-3H3. The van der Waals surface area contributed by atoms with E-state index in [-0.39, 0.29) is 5.82 Å². The van der Waals surface area contributed by atoms with Gasteiger partial charge in [-0.05, 0) is 32.9 Å². The summed E-state index contributed by atoms with van der Waals surface area (Å²) in [5.74, 6) is -0.323. The number of hydrogen-bond donors (Lipinski definition) is 1. The average molecular weight is 350 g/mol. The van der Waals surface area contributed by atoms with Crippen molar-refractivity contribution in [3.63, 3.8) is 0 Å². The molecule has 0 saturated carbocycles. The Kier molecular flexibility index (Phi) is 4.28. The highest BCUT2D eigenvalue weighted by molar-refractivity contribution is 9.10. The lowest BCUT2D eigenvalue weighted by molar-refractivity contribution is -0.0682. The second-order valence-electron chi connectivity index (χ2n) is 5.68. The number of benzene rings is 1. The fraction of sp³-hybridized carbons (Fsp3) is 0.538. The Morgan fingerprint density at radius 3 is 2.47 bits per heavy atom. The molecule has 1 aliphatic rings. The summed E-state index contributed by atoms with van der Waals surface area (Å²) >= 11 is 1.96. The van der Waals surface area contributed by atoms with Gasteiger partial charge < -0.3 is 9.29 Å². The Morgan fingerprint density at radius 2 is 2.05 bits per heavy atom. The maximum absolute atomic E-state index is 14.1. The summed E-state index contributed by atoms with van der Waals surface area (Å²) in [6, 6.07) is 4.89. The van der Waals surface area contributed by atoms with Gasteiger partial charge in [0, 0.05) is 21.4 Å². The van der Waals surface area contributed by atoms with Gasteiger partial charge in [0.15, 0.2) is 0 Å². The Hall–Kier alpha value is -0.140. The van der Waals surface area contributed by atoms with Crippen molar-refractivity contribution in [3.05, 3.63) is 34.1 Å². The third-order valence-electron chi connectivity index (χ3n) is 2.99. The van der Waals surface area contributed by atoms with E-state index in [1.54, 1.807) is 12.1 Å². The number of hydrogen-bond acceptors (Lipinski definition) is 3. The second kappa shape index (κ2) is 5.33. The summed E-state index contributed by atoms with van der Waals surface area (Å²) in [6.07, 6.45) is 0. The summed E-state index contributed by atoms with van der Waals surface area (Å²) in [5.41, 5.74) is -0.192. The van der Waals surface area contributed by atoms with Gasteiger partial charge in [0.25, 0.3) is 0 Å². The summed E-state index contributed by atoms with van der Waals surface area (Å²) in [6.45, 7) is 6.28. The molecule has 1 atom stereocenters. The molecule has 1 aromatic rings. The van der Waals surface area contributed by atoms with E-state index in [9.17, 15) is 8.94 Å². The first-order chi connectivity index (χ1) is 8.74. The fourth-order valence-corrected chi connectivity index (χ4v) is 3.01. The van der Waals surface area contributed by atoms with Gasteiger partial charge in [-0.15, -0.1) is 4.72 Å². The predicted molar refractivity (Wildman–Crippen MR) is 77.6 cm³/mol. The van der Waals surface area contributed by atoms with Gasteiger partial charge in [-0.1, -0.05) is 22.0 Å². The van der Waals surface area contributed by atoms with Gasteiger partial charge in [-0.3, -0.25) is 0 Å². The van der Waals surface area contributed by atoms with Crippen LogP contribution in [0.4, 0.5) is 4.39 Å². The van der Waals surface area contributed by atoms with Gasteiger partial charge in [-0.25, -0.2) is 4.39 Å². The number of ether oxygens (including phenoxy) is 1. The van der Waals surface area contributed by atoms with Crippen LogP contribution >= 0.6 is 15.9 Å². The van der Waals surface area contributed by atoms with Gasteiger partial charge in [0.2, 0.25) is 0 Å². The van der Waals surface area contributed by atoms with Crippen molar-refractivity contribution in [3.8, 4) is 0 Å². The number of rotatable bonds is 3. The van der Waals surface area contributed by atoms with Crippen LogP contribution in [0.1, 0.15) is 26.3 Å². The number of nitrogens with one attached hydrogen (secondary N) is 1. The summed E-state index contributed by atoms with van der Waals surface area (Å²) in [7, 11) is 0. The van der Waals surface area contributed by atoms with Crippen molar-refractivity contribution in [1.29, 1.82) is 0 Å². The molecule has 1 saturated heterocycles. The maximum Gasteiger partial charge on any atom is 0.137 e. The van der Waals surface area contributed by atoms with Crippen molar-refractivity contribution in [2.24, 2.45) is 0 Å². The smallest absolute Gasteiger partial charge is 0.137 e. The zero-order chi connectivity index (χ0) is 14.3. The minimum absolute atomic E-state index is 0.323. The lowest BCUT2D eigenvalue weighted by Gasteiger charge is -2.43. The van der Waals surface area contributed by atoms with Crippen molar-refractivity contribution in [2.75, 3.05) is 13.2 Å². The zero-order valence-electron chi connectivity index (χ0n) is 11.1. The van der Waals surface area contributed by atoms with Crippen molar-refractivity contribution in [2.45, 2.75) is 31.1 Å². The second-order valence-corrected chi connectivity index (χ2v) is 8.56. The van der Waals surface area contributed by atoms with Crippen LogP contribution in [-0.4, -0.2) is 22.5 Å². The molecule has 1 aromatic carbocycles. The molecule has 0 bridgehead atoms. The summed E-state index contributed by atoms with van der Waals surface area (Å²) in [5, 5.41) is 0. The molecule has 0 aromatic heterocycles. The number of halogens is 2. The van der Waals surface area contributed by atoms with Crippen LogP contribution in [0, 0.1) is 5.82 Å². The Bertz CT molecular complexity index is 474. The highest BCUT2D eigenvalue weighted by Gasteiger charge is 2.48. The van der Waals surface area contributed by atoms with Gasteiger partial charge in [0.05, 0.1) is 13.2 Å². The Labute approximate surface area is 124 Å². The van der Waals surface area contributed by atoms with Crippen LogP contribution < -0.4 is 4.72 Å². The van der Waals surface area contributed by atoms with E-state index in [4.69, 9.17) is 4.74 Å².